The van der Waals surface area contributed by atoms with Gasteiger partial charge in [-0.1, -0.05) is 77.1 Å². The first-order valence-corrected chi connectivity index (χ1v) is 19.6. The zero-order chi connectivity index (χ0) is 37.5. The topological polar surface area (TPSA) is 143 Å². The monoisotopic (exact) mass is 747 g/mol. The van der Waals surface area contributed by atoms with Crippen LogP contribution in [0.1, 0.15) is 76.6 Å². The highest BCUT2D eigenvalue weighted by Crippen LogP contribution is 2.29. The fourth-order valence-electron chi connectivity index (χ4n) is 5.44. The number of hydrogen-bond donors (Lipinski definition) is 0. The maximum atomic E-state index is 13.7. The lowest BCUT2D eigenvalue weighted by atomic mass is 10.1. The van der Waals surface area contributed by atoms with Crippen LogP contribution in [0.15, 0.2) is 109 Å². The van der Waals surface area contributed by atoms with E-state index in [2.05, 4.69) is 67.5 Å². The Kier molecular flexibility index (Phi) is 15.2. The van der Waals surface area contributed by atoms with Gasteiger partial charge in [0.1, 0.15) is 6.04 Å². The summed E-state index contributed by atoms with van der Waals surface area (Å²) < 4.78 is 40.9. The maximum Gasteiger partial charge on any atom is 0.415 e. The van der Waals surface area contributed by atoms with Crippen LogP contribution in [0.3, 0.4) is 0 Å². The Labute approximate surface area is 310 Å². The first-order valence-electron chi connectivity index (χ1n) is 17.1. The molecule has 0 aliphatic carbocycles. The number of ether oxygens (including phenoxy) is 2. The van der Waals surface area contributed by atoms with Crippen molar-refractivity contribution >= 4 is 33.5 Å². The molecule has 0 unspecified atom stereocenters. The van der Waals surface area contributed by atoms with E-state index in [1.165, 1.54) is 41.0 Å². The van der Waals surface area contributed by atoms with E-state index < -0.39 is 32.8 Å². The molecule has 2 heterocycles. The van der Waals surface area contributed by atoms with Crippen LogP contribution in [0, 0.1) is 17.0 Å². The van der Waals surface area contributed by atoms with E-state index in [-0.39, 0.29) is 28.9 Å². The predicted molar refractivity (Wildman–Crippen MR) is 198 cm³/mol. The van der Waals surface area contributed by atoms with Crippen LogP contribution < -0.4 is 9.64 Å². The van der Waals surface area contributed by atoms with Crippen molar-refractivity contribution in [3.8, 4) is 17.7 Å². The van der Waals surface area contributed by atoms with Crippen LogP contribution in [-0.4, -0.2) is 61.9 Å². The van der Waals surface area contributed by atoms with Crippen LogP contribution in [0.5, 0.6) is 5.88 Å². The summed E-state index contributed by atoms with van der Waals surface area (Å²) in [7, 11) is -4.27. The minimum atomic E-state index is -4.27. The van der Waals surface area contributed by atoms with Crippen molar-refractivity contribution in [2.45, 2.75) is 87.1 Å². The third kappa shape index (κ3) is 11.4. The van der Waals surface area contributed by atoms with Gasteiger partial charge in [0.05, 0.1) is 15.6 Å². The molecule has 276 valence electrons. The lowest BCUT2D eigenvalue weighted by Gasteiger charge is -2.24. The molecule has 1 amide bonds. The number of aromatic nitrogens is 2. The number of nitrogens with zero attached hydrogens (tertiary/aromatic N) is 3. The average Bonchev–Trinajstić information content (AvgIpc) is 3.77. The molecule has 1 fully saturated rings. The Morgan fingerprint density at radius 3 is 2.40 bits per heavy atom. The maximum absolute atomic E-state index is 13.7. The number of esters is 1. The number of likely N-dealkylation sites (tertiary alicyclic amines) is 1. The minimum absolute atomic E-state index is 0.134. The summed E-state index contributed by atoms with van der Waals surface area (Å²) in [5, 5.41) is 14.6. The first kappa shape index (κ1) is 40.0. The summed E-state index contributed by atoms with van der Waals surface area (Å²) in [4.78, 5) is 28.7. The molecule has 11 nitrogen and oxygen atoms in total. The molecular formula is C39H45N3O8S2. The third-order valence-corrected chi connectivity index (χ3v) is 11.0. The first-order chi connectivity index (χ1) is 25.0. The second kappa shape index (κ2) is 19.7. The Morgan fingerprint density at radius 2 is 1.65 bits per heavy atom. The molecular weight excluding hydrogens is 703 g/mol. The van der Waals surface area contributed by atoms with Gasteiger partial charge in [-0.15, -0.1) is 11.8 Å². The number of allylic oxidation sites excluding steroid dienone is 5. The highest BCUT2D eigenvalue weighted by Gasteiger charge is 2.37. The molecule has 2 aromatic carbocycles. The molecule has 3 aromatic rings. The van der Waals surface area contributed by atoms with E-state index in [4.69, 9.17) is 9.47 Å². The van der Waals surface area contributed by atoms with Gasteiger partial charge >= 0.3 is 16.9 Å². The van der Waals surface area contributed by atoms with Gasteiger partial charge in [0.2, 0.25) is 0 Å². The van der Waals surface area contributed by atoms with E-state index in [1.807, 2.05) is 18.2 Å². The Bertz CT molecular complexity index is 1950. The molecule has 1 saturated heterocycles. The van der Waals surface area contributed by atoms with Gasteiger partial charge < -0.3 is 19.6 Å². The zero-order valence-corrected chi connectivity index (χ0v) is 31.6. The third-order valence-electron chi connectivity index (χ3n) is 8.24. The molecule has 0 spiro atoms. The summed E-state index contributed by atoms with van der Waals surface area (Å²) in [5.41, 5.74) is 4.61. The molecule has 1 aromatic heterocycles. The normalized spacial score (nSPS) is 14.8. The number of carbonyl (C=O) groups excluding carboxylic acids is 2. The van der Waals surface area contributed by atoms with E-state index in [0.29, 0.717) is 24.9 Å². The second-order valence-corrected chi connectivity index (χ2v) is 15.5. The quantitative estimate of drug-likeness (QED) is 0.0500. The van der Waals surface area contributed by atoms with Crippen molar-refractivity contribution in [2.24, 2.45) is 0 Å². The number of carbonyl (C=O) groups is 2. The molecule has 1 aliphatic rings. The van der Waals surface area contributed by atoms with Crippen LogP contribution in [0.25, 0.3) is 0 Å². The molecule has 13 heteroatoms. The van der Waals surface area contributed by atoms with Crippen LogP contribution >= 0.6 is 11.8 Å². The van der Waals surface area contributed by atoms with Crippen molar-refractivity contribution in [3.05, 3.63) is 100 Å². The molecule has 0 bridgehead atoms. The van der Waals surface area contributed by atoms with Crippen molar-refractivity contribution in [1.82, 2.24) is 10.1 Å². The summed E-state index contributed by atoms with van der Waals surface area (Å²) in [6.07, 6.45) is 12.1. The fourth-order valence-corrected chi connectivity index (χ4v) is 7.77. The summed E-state index contributed by atoms with van der Waals surface area (Å²) in [6, 6.07) is 14.0. The summed E-state index contributed by atoms with van der Waals surface area (Å²) >= 11 is 1.59. The van der Waals surface area contributed by atoms with Crippen molar-refractivity contribution in [1.29, 1.82) is 0 Å². The van der Waals surface area contributed by atoms with Crippen LogP contribution in [-0.2, 0) is 19.4 Å². The van der Waals surface area contributed by atoms with Crippen LogP contribution in [0.2, 0.25) is 0 Å². The standard InChI is InChI=1S/C39H45N3O8S2/c1-29(2)15-12-16-30(3)17-13-18-31(4)24-28-51-35-23-9-8-21-33(35)37(43)41-25-14-22-34(41)39(44)49-27-11-10-26-48-36-38(42(45)50-40-36)52(46,47)32-19-6-5-7-20-32/h5-9,15,17,19-21,23-24,34H,12-14,16,18,22,25-28H2,1-4H3/b30-17+,31-24+/t34-/m0/s1. The van der Waals surface area contributed by atoms with Crippen LogP contribution in [0.4, 0.5) is 0 Å². The molecule has 1 atom stereocenters. The van der Waals surface area contributed by atoms with Gasteiger partial charge in [-0.2, -0.15) is 0 Å². The minimum Gasteiger partial charge on any atom is -0.451 e. The number of amides is 1. The molecule has 0 saturated carbocycles. The number of sulfone groups is 1. The summed E-state index contributed by atoms with van der Waals surface area (Å²) in [5.74, 6) is 4.62. The zero-order valence-electron chi connectivity index (χ0n) is 30.0. The fraction of sp³-hybridized carbons (Fsp3) is 0.385. The van der Waals surface area contributed by atoms with Crippen molar-refractivity contribution in [2.75, 3.05) is 25.5 Å². The largest absolute Gasteiger partial charge is 0.451 e. The Balaban J connectivity index is 1.26. The van der Waals surface area contributed by atoms with Gasteiger partial charge in [-0.25, -0.2) is 13.2 Å². The smallest absolute Gasteiger partial charge is 0.415 e. The lowest BCUT2D eigenvalue weighted by Crippen LogP contribution is -2.41. The number of benzene rings is 2. The second-order valence-electron chi connectivity index (χ2n) is 12.5. The number of hydrogen-bond acceptors (Lipinski definition) is 10. The van der Waals surface area contributed by atoms with Crippen molar-refractivity contribution in [3.63, 3.8) is 0 Å². The van der Waals surface area contributed by atoms with E-state index in [0.717, 1.165) is 36.3 Å². The highest BCUT2D eigenvalue weighted by atomic mass is 32.2. The van der Waals surface area contributed by atoms with Gasteiger partial charge in [0.15, 0.2) is 13.2 Å². The molecule has 0 radical (unpaired) electrons. The Morgan fingerprint density at radius 1 is 0.981 bits per heavy atom. The lowest BCUT2D eigenvalue weighted by molar-refractivity contribution is -0.832. The van der Waals surface area contributed by atoms with E-state index in [1.54, 1.807) is 28.8 Å². The van der Waals surface area contributed by atoms with Gasteiger partial charge in [-0.3, -0.25) is 9.42 Å². The Hall–Kier alpha value is -4.80. The summed E-state index contributed by atoms with van der Waals surface area (Å²) in [6.45, 7) is 8.37. The van der Waals surface area contributed by atoms with Crippen molar-refractivity contribution < 1.29 is 37.0 Å². The number of rotatable bonds is 16. The van der Waals surface area contributed by atoms with Gasteiger partial charge in [-0.05, 0) is 95.4 Å². The van der Waals surface area contributed by atoms with E-state index in [9.17, 15) is 23.2 Å². The molecule has 0 N–H and O–H groups in total. The highest BCUT2D eigenvalue weighted by molar-refractivity contribution is 7.99. The molecule has 1 aliphatic heterocycles. The number of thioether (sulfide) groups is 1. The average molecular weight is 748 g/mol. The molecule has 4 rings (SSSR count). The SMILES string of the molecule is CC(C)=CCC/C(C)=C/CC/C(C)=C/CSc1ccccc1C(=O)N1CCC[C@H]1C(=O)OCC#CCOc1no[n+]([O-])c1S(=O)(=O)c1ccccc1. The van der Waals surface area contributed by atoms with Gasteiger partial charge in [0.25, 0.3) is 15.7 Å². The van der Waals surface area contributed by atoms with Gasteiger partial charge in [0, 0.05) is 17.2 Å². The predicted octanol–water partition coefficient (Wildman–Crippen LogP) is 6.88. The molecule has 52 heavy (non-hydrogen) atoms. The van der Waals surface area contributed by atoms with E-state index >= 15 is 0 Å².